The Bertz CT molecular complexity index is 1670. The lowest BCUT2D eigenvalue weighted by atomic mass is 10.2. The lowest BCUT2D eigenvalue weighted by Gasteiger charge is -2.09. The summed E-state index contributed by atoms with van der Waals surface area (Å²) in [5.41, 5.74) is 0.991. The molecule has 9 nitrogen and oxygen atoms in total. The maximum atomic E-state index is 13.4. The molecule has 3 aromatic heterocycles. The number of amides is 1. The number of fused-ring (bicyclic) bond motifs is 2. The second kappa shape index (κ2) is 9.12. The van der Waals surface area contributed by atoms with Crippen molar-refractivity contribution in [3.05, 3.63) is 80.7 Å². The van der Waals surface area contributed by atoms with E-state index in [-0.39, 0.29) is 35.2 Å². The molecule has 2 aromatic carbocycles. The van der Waals surface area contributed by atoms with Crippen molar-refractivity contribution in [1.29, 1.82) is 0 Å². The van der Waals surface area contributed by atoms with Crippen molar-refractivity contribution in [3.63, 3.8) is 0 Å². The number of halogens is 1. The molecule has 5 rings (SSSR count). The van der Waals surface area contributed by atoms with E-state index in [1.165, 1.54) is 42.1 Å². The molecule has 178 valence electrons. The molecule has 0 fully saturated rings. The first-order valence-electron chi connectivity index (χ1n) is 10.5. The van der Waals surface area contributed by atoms with Gasteiger partial charge in [0.1, 0.15) is 5.82 Å². The van der Waals surface area contributed by atoms with Gasteiger partial charge in [-0.1, -0.05) is 47.4 Å². The number of benzene rings is 2. The number of aromatic nitrogens is 5. The van der Waals surface area contributed by atoms with E-state index in [1.54, 1.807) is 16.7 Å². The number of thiazole rings is 1. The summed E-state index contributed by atoms with van der Waals surface area (Å²) in [6, 6.07) is 13.5. The molecule has 0 unspecified atom stereocenters. The van der Waals surface area contributed by atoms with Gasteiger partial charge in [0.25, 0.3) is 5.56 Å². The van der Waals surface area contributed by atoms with Gasteiger partial charge < -0.3 is 9.88 Å². The molecule has 0 bridgehead atoms. The van der Waals surface area contributed by atoms with Crippen LogP contribution in [0.2, 0.25) is 0 Å². The highest BCUT2D eigenvalue weighted by atomic mass is 32.2. The van der Waals surface area contributed by atoms with Gasteiger partial charge in [0.05, 0.1) is 22.5 Å². The van der Waals surface area contributed by atoms with Crippen molar-refractivity contribution in [2.24, 2.45) is 14.1 Å². The fourth-order valence-corrected chi connectivity index (χ4v) is 5.34. The van der Waals surface area contributed by atoms with Crippen molar-refractivity contribution < 1.29 is 9.18 Å². The van der Waals surface area contributed by atoms with Crippen LogP contribution in [0.5, 0.6) is 0 Å². The number of carbonyl (C=O) groups is 1. The minimum atomic E-state index is -0.501. The van der Waals surface area contributed by atoms with Gasteiger partial charge in [0.2, 0.25) is 5.91 Å². The zero-order valence-electron chi connectivity index (χ0n) is 18.7. The van der Waals surface area contributed by atoms with E-state index in [1.807, 2.05) is 24.3 Å². The minimum Gasteiger partial charge on any atom is -0.309 e. The highest BCUT2D eigenvalue weighted by molar-refractivity contribution is 7.99. The molecule has 0 saturated carbocycles. The van der Waals surface area contributed by atoms with E-state index in [9.17, 15) is 18.8 Å². The standard InChI is InChI=1S/C23H19FN6O3S2/c1-28-19-18(20(32)29(2)23(28)33)30(11-13-7-9-14(24)10-8-13)22(27-19)34-12-17(31)26-21-25-15-5-3-4-6-16(15)35-21/h3-10H,11-12H2,1-2H3,(H,25,26,31). The molecule has 0 aliphatic rings. The van der Waals surface area contributed by atoms with Gasteiger partial charge in [0, 0.05) is 14.1 Å². The summed E-state index contributed by atoms with van der Waals surface area (Å²) in [6.45, 7) is 0.214. The number of nitrogens with one attached hydrogen (secondary N) is 1. The first-order chi connectivity index (χ1) is 16.8. The van der Waals surface area contributed by atoms with Crippen molar-refractivity contribution in [2.75, 3.05) is 11.1 Å². The molecule has 1 N–H and O–H groups in total. The zero-order chi connectivity index (χ0) is 24.7. The summed E-state index contributed by atoms with van der Waals surface area (Å²) in [6.07, 6.45) is 0. The van der Waals surface area contributed by atoms with Crippen LogP contribution in [0.15, 0.2) is 63.3 Å². The molecular formula is C23H19FN6O3S2. The molecule has 0 aliphatic heterocycles. The minimum absolute atomic E-state index is 0.0108. The third-order valence-corrected chi connectivity index (χ3v) is 7.37. The number of carbonyl (C=O) groups excluding carboxylic acids is 1. The van der Waals surface area contributed by atoms with Crippen molar-refractivity contribution >= 4 is 55.5 Å². The fraction of sp³-hybridized carbons (Fsp3) is 0.174. The predicted octanol–water partition coefficient (Wildman–Crippen LogP) is 2.96. The quantitative estimate of drug-likeness (QED) is 0.352. The normalized spacial score (nSPS) is 11.4. The molecule has 12 heteroatoms. The van der Waals surface area contributed by atoms with Crippen LogP contribution in [0.25, 0.3) is 21.4 Å². The van der Waals surface area contributed by atoms with E-state index in [0.29, 0.717) is 10.3 Å². The molecule has 1 amide bonds. The van der Waals surface area contributed by atoms with Crippen LogP contribution in [0.1, 0.15) is 5.56 Å². The summed E-state index contributed by atoms with van der Waals surface area (Å²) in [5.74, 6) is -0.642. The average molecular weight is 511 g/mol. The Morgan fingerprint density at radius 2 is 1.80 bits per heavy atom. The average Bonchev–Trinajstić information content (AvgIpc) is 3.42. The summed E-state index contributed by atoms with van der Waals surface area (Å²) < 4.78 is 18.3. The Labute approximate surface area is 205 Å². The van der Waals surface area contributed by atoms with Crippen molar-refractivity contribution in [1.82, 2.24) is 23.7 Å². The first kappa shape index (κ1) is 23.0. The largest absolute Gasteiger partial charge is 0.332 e. The Hall–Kier alpha value is -3.77. The first-order valence-corrected chi connectivity index (χ1v) is 12.3. The van der Waals surface area contributed by atoms with E-state index in [0.717, 1.165) is 32.1 Å². The molecule has 0 spiro atoms. The highest BCUT2D eigenvalue weighted by Crippen LogP contribution is 2.27. The lowest BCUT2D eigenvalue weighted by molar-refractivity contribution is -0.113. The Kier molecular flexibility index (Phi) is 5.99. The van der Waals surface area contributed by atoms with Crippen LogP contribution in [0, 0.1) is 5.82 Å². The van der Waals surface area contributed by atoms with Gasteiger partial charge in [-0.15, -0.1) is 0 Å². The number of nitrogens with zero attached hydrogens (tertiary/aromatic N) is 5. The number of hydrogen-bond acceptors (Lipinski definition) is 7. The third kappa shape index (κ3) is 4.37. The van der Waals surface area contributed by atoms with Crippen LogP contribution < -0.4 is 16.6 Å². The third-order valence-electron chi connectivity index (χ3n) is 5.44. The number of thioether (sulfide) groups is 1. The van der Waals surface area contributed by atoms with E-state index < -0.39 is 11.2 Å². The second-order valence-corrected chi connectivity index (χ2v) is 9.78. The number of rotatable bonds is 6. The number of imidazole rings is 1. The molecule has 3 heterocycles. The summed E-state index contributed by atoms with van der Waals surface area (Å²) in [5, 5.41) is 3.68. The smallest absolute Gasteiger partial charge is 0.309 e. The van der Waals surface area contributed by atoms with Crippen molar-refractivity contribution in [3.8, 4) is 0 Å². The molecular weight excluding hydrogens is 491 g/mol. The van der Waals surface area contributed by atoms with E-state index in [4.69, 9.17) is 0 Å². The van der Waals surface area contributed by atoms with Gasteiger partial charge in [-0.3, -0.25) is 18.7 Å². The van der Waals surface area contributed by atoms with Gasteiger partial charge in [-0.25, -0.2) is 19.2 Å². The summed E-state index contributed by atoms with van der Waals surface area (Å²) in [7, 11) is 2.94. The monoisotopic (exact) mass is 510 g/mol. The number of aryl methyl sites for hydroxylation is 1. The Balaban J connectivity index is 1.47. The van der Waals surface area contributed by atoms with Crippen LogP contribution in [-0.4, -0.2) is 35.3 Å². The van der Waals surface area contributed by atoms with Gasteiger partial charge in [-0.2, -0.15) is 0 Å². The fourth-order valence-electron chi connectivity index (χ4n) is 3.67. The lowest BCUT2D eigenvalue weighted by Crippen LogP contribution is -2.37. The second-order valence-electron chi connectivity index (χ2n) is 7.81. The molecule has 5 aromatic rings. The van der Waals surface area contributed by atoms with Crippen LogP contribution in [0.4, 0.5) is 9.52 Å². The van der Waals surface area contributed by atoms with Gasteiger partial charge in [-0.05, 0) is 29.8 Å². The summed E-state index contributed by atoms with van der Waals surface area (Å²) >= 11 is 2.52. The topological polar surface area (TPSA) is 104 Å². The number of hydrogen-bond donors (Lipinski definition) is 1. The molecule has 0 aliphatic carbocycles. The Morgan fingerprint density at radius 1 is 1.06 bits per heavy atom. The highest BCUT2D eigenvalue weighted by Gasteiger charge is 2.20. The van der Waals surface area contributed by atoms with Gasteiger partial charge in [0.15, 0.2) is 21.5 Å². The van der Waals surface area contributed by atoms with Crippen molar-refractivity contribution in [2.45, 2.75) is 11.7 Å². The number of anilines is 1. The van der Waals surface area contributed by atoms with E-state index in [2.05, 4.69) is 15.3 Å². The Morgan fingerprint density at radius 3 is 2.54 bits per heavy atom. The molecule has 0 radical (unpaired) electrons. The van der Waals surface area contributed by atoms with Crippen LogP contribution in [0.3, 0.4) is 0 Å². The molecule has 0 saturated heterocycles. The van der Waals surface area contributed by atoms with E-state index >= 15 is 0 Å². The van der Waals surface area contributed by atoms with Gasteiger partial charge >= 0.3 is 5.69 Å². The SMILES string of the molecule is Cn1c(=O)c2c(nc(SCC(=O)Nc3nc4ccccc4s3)n2Cc2ccc(F)cc2)n(C)c1=O. The molecule has 0 atom stereocenters. The maximum Gasteiger partial charge on any atom is 0.332 e. The molecule has 35 heavy (non-hydrogen) atoms. The van der Waals surface area contributed by atoms with Crippen LogP contribution >= 0.6 is 23.1 Å². The predicted molar refractivity (Wildman–Crippen MR) is 135 cm³/mol. The maximum absolute atomic E-state index is 13.4. The number of para-hydroxylation sites is 1. The zero-order valence-corrected chi connectivity index (χ0v) is 20.3. The summed E-state index contributed by atoms with van der Waals surface area (Å²) in [4.78, 5) is 47.0. The van der Waals surface area contributed by atoms with Crippen LogP contribution in [-0.2, 0) is 25.4 Å².